The molecule has 1 heterocycles. The first kappa shape index (κ1) is 29.4. The minimum atomic E-state index is -0.331. The average molecular weight is 574 g/mol. The zero-order valence-electron chi connectivity index (χ0n) is 18.3. The Hall–Kier alpha value is -1.82. The van der Waals surface area contributed by atoms with E-state index in [4.69, 9.17) is 5.11 Å². The number of rotatable bonds is 10. The first-order valence-corrected chi connectivity index (χ1v) is 9.20. The summed E-state index contributed by atoms with van der Waals surface area (Å²) in [7, 11) is 8.03. The molecule has 0 saturated heterocycles. The van der Waals surface area contributed by atoms with Crippen LogP contribution in [0.25, 0.3) is 0 Å². The second-order valence-electron chi connectivity index (χ2n) is 6.85. The van der Waals surface area contributed by atoms with Gasteiger partial charge in [-0.05, 0) is 58.7 Å². The van der Waals surface area contributed by atoms with Gasteiger partial charge in [0.15, 0.2) is 17.3 Å². The minimum absolute atomic E-state index is 0. The van der Waals surface area contributed by atoms with E-state index in [9.17, 15) is 9.59 Å². The van der Waals surface area contributed by atoms with E-state index >= 15 is 0 Å². The third kappa shape index (κ3) is 16.8. The fourth-order valence-corrected chi connectivity index (χ4v) is 1.85. The van der Waals surface area contributed by atoms with Crippen LogP contribution in [0, 0.1) is 0 Å². The number of nitrogens with one attached hydrogen (secondary N) is 1. The number of carbonyl (C=O) groups excluding carboxylic acids is 2. The van der Waals surface area contributed by atoms with Crippen LogP contribution in [0.15, 0.2) is 42.3 Å². The fourth-order valence-electron chi connectivity index (χ4n) is 1.85. The van der Waals surface area contributed by atoms with Crippen molar-refractivity contribution in [3.63, 3.8) is 0 Å². The van der Waals surface area contributed by atoms with Crippen LogP contribution in [0.4, 0.5) is 0 Å². The molecule has 0 unspecified atom stereocenters. The predicted molar refractivity (Wildman–Crippen MR) is 114 cm³/mol. The van der Waals surface area contributed by atoms with Gasteiger partial charge in [-0.3, -0.25) is 9.59 Å². The molecule has 1 aromatic rings. The number of ketones is 2. The SMILES string of the molecule is CC(=O)/C(O)=C/C=C\NCCN(C)C.CC(=O)c1cccc(CCN(C)C)n1.[W]. The van der Waals surface area contributed by atoms with Gasteiger partial charge in [0.25, 0.3) is 0 Å². The average Bonchev–Trinajstić information content (AvgIpc) is 2.63. The Kier molecular flexibility index (Phi) is 17.3. The summed E-state index contributed by atoms with van der Waals surface area (Å²) in [6.07, 6.45) is 5.55. The van der Waals surface area contributed by atoms with Gasteiger partial charge in [0.05, 0.1) is 0 Å². The van der Waals surface area contributed by atoms with Gasteiger partial charge in [-0.1, -0.05) is 6.07 Å². The summed E-state index contributed by atoms with van der Waals surface area (Å²) in [5.74, 6) is -0.532. The van der Waals surface area contributed by atoms with E-state index in [2.05, 4.69) is 20.1 Å². The molecule has 0 spiro atoms. The number of likely N-dealkylation sites (N-methyl/N-ethyl adjacent to an activating group) is 2. The van der Waals surface area contributed by atoms with Gasteiger partial charge in [0.2, 0.25) is 0 Å². The van der Waals surface area contributed by atoms with Gasteiger partial charge >= 0.3 is 0 Å². The predicted octanol–water partition coefficient (Wildman–Crippen LogP) is 2.07. The number of pyridine rings is 1. The summed E-state index contributed by atoms with van der Waals surface area (Å²) in [5.41, 5.74) is 1.53. The number of nitrogens with zero attached hydrogens (tertiary/aromatic N) is 3. The second kappa shape index (κ2) is 17.1. The molecule has 0 aliphatic carbocycles. The van der Waals surface area contributed by atoms with Crippen LogP contribution in [0.3, 0.4) is 0 Å². The van der Waals surface area contributed by atoms with Gasteiger partial charge in [0.1, 0.15) is 5.69 Å². The van der Waals surface area contributed by atoms with Gasteiger partial charge in [-0.2, -0.15) is 0 Å². The van der Waals surface area contributed by atoms with Crippen LogP contribution in [-0.4, -0.2) is 79.3 Å². The molecule has 7 nitrogen and oxygen atoms in total. The number of hydrogen-bond acceptors (Lipinski definition) is 7. The topological polar surface area (TPSA) is 85.8 Å². The normalized spacial score (nSPS) is 11.1. The first-order valence-electron chi connectivity index (χ1n) is 9.20. The molecule has 0 aliphatic rings. The molecule has 0 bridgehead atoms. The molecule has 162 valence electrons. The number of Topliss-reactive ketones (excluding diaryl/α,β-unsaturated/α-hetero) is 2. The monoisotopic (exact) mass is 574 g/mol. The van der Waals surface area contributed by atoms with Crippen molar-refractivity contribution in [3.8, 4) is 0 Å². The van der Waals surface area contributed by atoms with Crippen molar-refractivity contribution in [2.45, 2.75) is 20.3 Å². The third-order valence-corrected chi connectivity index (χ3v) is 3.51. The summed E-state index contributed by atoms with van der Waals surface area (Å²) in [6, 6.07) is 5.59. The molecule has 1 aromatic heterocycles. The van der Waals surface area contributed by atoms with E-state index in [1.165, 1.54) is 19.9 Å². The van der Waals surface area contributed by atoms with Crippen molar-refractivity contribution >= 4 is 11.6 Å². The number of aliphatic hydroxyl groups is 1. The van der Waals surface area contributed by atoms with Crippen LogP contribution in [0.2, 0.25) is 0 Å². The number of aromatic nitrogens is 1. The number of aliphatic hydroxyl groups excluding tert-OH is 1. The van der Waals surface area contributed by atoms with Gasteiger partial charge in [-0.15, -0.1) is 0 Å². The van der Waals surface area contributed by atoms with Crippen LogP contribution in [0.1, 0.15) is 30.0 Å². The molecule has 0 radical (unpaired) electrons. The summed E-state index contributed by atoms with van der Waals surface area (Å²) < 4.78 is 0. The second-order valence-corrected chi connectivity index (χ2v) is 6.85. The summed E-state index contributed by atoms with van der Waals surface area (Å²) in [6.45, 7) is 5.58. The molecule has 0 aliphatic heterocycles. The Labute approximate surface area is 189 Å². The largest absolute Gasteiger partial charge is 0.504 e. The van der Waals surface area contributed by atoms with E-state index in [-0.39, 0.29) is 38.4 Å². The van der Waals surface area contributed by atoms with E-state index in [1.54, 1.807) is 18.3 Å². The molecule has 0 saturated carbocycles. The summed E-state index contributed by atoms with van der Waals surface area (Å²) >= 11 is 0. The molecule has 0 fully saturated rings. The molecule has 1 rings (SSSR count). The van der Waals surface area contributed by atoms with E-state index < -0.39 is 0 Å². The molecule has 2 N–H and O–H groups in total. The van der Waals surface area contributed by atoms with Gasteiger partial charge in [-0.25, -0.2) is 4.98 Å². The maximum absolute atomic E-state index is 11.1. The molecular weight excluding hydrogens is 540 g/mol. The van der Waals surface area contributed by atoms with Gasteiger partial charge < -0.3 is 20.2 Å². The van der Waals surface area contributed by atoms with Gasteiger partial charge in [0, 0.05) is 66.7 Å². The van der Waals surface area contributed by atoms with Crippen molar-refractivity contribution in [1.29, 1.82) is 0 Å². The van der Waals surface area contributed by atoms with Crippen molar-refractivity contribution in [1.82, 2.24) is 20.1 Å². The number of carbonyl (C=O) groups is 2. The number of allylic oxidation sites excluding steroid dienone is 3. The van der Waals surface area contributed by atoms with E-state index in [0.717, 1.165) is 31.7 Å². The Morgan fingerprint density at radius 3 is 2.24 bits per heavy atom. The van der Waals surface area contributed by atoms with E-state index in [1.807, 2.05) is 40.3 Å². The minimum Gasteiger partial charge on any atom is -0.504 e. The molecule has 0 amide bonds. The van der Waals surface area contributed by atoms with Crippen molar-refractivity contribution in [3.05, 3.63) is 53.7 Å². The maximum atomic E-state index is 11.1. The Balaban J connectivity index is 0. The zero-order chi connectivity index (χ0) is 21.5. The Morgan fingerprint density at radius 1 is 1.10 bits per heavy atom. The molecule has 0 aromatic carbocycles. The molecular formula is C21H34N4O3W. The quantitative estimate of drug-likeness (QED) is 0.146. The Bertz CT molecular complexity index is 674. The number of hydrogen-bond donors (Lipinski definition) is 2. The molecule has 29 heavy (non-hydrogen) atoms. The molecule has 0 atom stereocenters. The molecule has 8 heteroatoms. The third-order valence-electron chi connectivity index (χ3n) is 3.51. The van der Waals surface area contributed by atoms with Crippen LogP contribution < -0.4 is 5.32 Å². The van der Waals surface area contributed by atoms with Crippen molar-refractivity contribution in [2.75, 3.05) is 47.8 Å². The first-order chi connectivity index (χ1) is 13.1. The van der Waals surface area contributed by atoms with Crippen molar-refractivity contribution in [2.24, 2.45) is 0 Å². The fraction of sp³-hybridized carbons (Fsp3) is 0.476. The smallest absolute Gasteiger partial charge is 0.194 e. The van der Waals surface area contributed by atoms with Crippen LogP contribution in [0.5, 0.6) is 0 Å². The zero-order valence-corrected chi connectivity index (χ0v) is 21.2. The standard InChI is InChI=1S/C11H16N2O.C10H18N2O2.W/c1-9(14)11-6-4-5-10(12-11)7-8-13(2)3;1-9(13)10(14)5-4-6-11-7-8-12(2)3;/h4-6H,7-8H2,1-3H3;4-6,11,14H,7-8H2,1-3H3;/b;6-4-,10-5-;. The van der Waals surface area contributed by atoms with Crippen LogP contribution >= 0.6 is 0 Å². The summed E-state index contributed by atoms with van der Waals surface area (Å²) in [4.78, 5) is 30.1. The maximum Gasteiger partial charge on any atom is 0.194 e. The van der Waals surface area contributed by atoms with E-state index in [0.29, 0.717) is 5.69 Å². The van der Waals surface area contributed by atoms with Crippen molar-refractivity contribution < 1.29 is 35.8 Å². The van der Waals surface area contributed by atoms with Crippen LogP contribution in [-0.2, 0) is 32.3 Å². The Morgan fingerprint density at radius 2 is 1.72 bits per heavy atom. The summed E-state index contributed by atoms with van der Waals surface area (Å²) in [5, 5.41) is 12.0.